The first kappa shape index (κ1) is 14.5. The smallest absolute Gasteiger partial charge is 0.407 e. The largest absolute Gasteiger partial charge is 0.506 e. The van der Waals surface area contributed by atoms with E-state index < -0.39 is 6.09 Å². The van der Waals surface area contributed by atoms with Crippen LogP contribution in [0.5, 0.6) is 5.75 Å². The quantitative estimate of drug-likeness (QED) is 0.503. The summed E-state index contributed by atoms with van der Waals surface area (Å²) >= 11 is 0. The second-order valence-corrected chi connectivity index (χ2v) is 6.46. The van der Waals surface area contributed by atoms with Gasteiger partial charge in [-0.2, -0.15) is 0 Å². The number of carbonyl (C=O) groups is 1. The average molecular weight is 278 g/mol. The predicted octanol–water partition coefficient (Wildman–Crippen LogP) is 2.64. The second-order valence-electron chi connectivity index (χ2n) is 6.46. The van der Waals surface area contributed by atoms with Crippen LogP contribution in [0.15, 0.2) is 12.1 Å². The van der Waals surface area contributed by atoms with E-state index in [1.165, 1.54) is 4.90 Å². The molecule has 1 aromatic carbocycles. The van der Waals surface area contributed by atoms with Crippen molar-refractivity contribution < 1.29 is 15.0 Å². The van der Waals surface area contributed by atoms with Gasteiger partial charge >= 0.3 is 6.09 Å². The molecule has 0 saturated carbocycles. The van der Waals surface area contributed by atoms with Crippen LogP contribution < -0.4 is 5.73 Å². The van der Waals surface area contributed by atoms with Gasteiger partial charge in [0.1, 0.15) is 5.75 Å². The molecule has 1 aromatic rings. The van der Waals surface area contributed by atoms with Crippen LogP contribution in [-0.2, 0) is 6.42 Å². The monoisotopic (exact) mass is 278 g/mol. The second kappa shape index (κ2) is 4.89. The van der Waals surface area contributed by atoms with E-state index in [9.17, 15) is 15.0 Å². The Balaban J connectivity index is 2.54. The fourth-order valence-electron chi connectivity index (χ4n) is 2.85. The van der Waals surface area contributed by atoms with E-state index in [4.69, 9.17) is 5.73 Å². The number of phenolic OH excluding ortho intramolecular Hbond substituents is 1. The lowest BCUT2D eigenvalue weighted by molar-refractivity contribution is 0.135. The van der Waals surface area contributed by atoms with Crippen LogP contribution in [0.25, 0.3) is 0 Å². The van der Waals surface area contributed by atoms with Crippen molar-refractivity contribution >= 4 is 11.8 Å². The maximum absolute atomic E-state index is 11.3. The third-order valence-corrected chi connectivity index (χ3v) is 4.10. The number of rotatable bonds is 0. The Morgan fingerprint density at radius 3 is 2.60 bits per heavy atom. The minimum atomic E-state index is -0.908. The Hall–Kier alpha value is -1.91. The first-order valence-electron chi connectivity index (χ1n) is 6.80. The molecule has 1 amide bonds. The molecule has 1 aliphatic heterocycles. The molecule has 0 radical (unpaired) electrons. The van der Waals surface area contributed by atoms with Gasteiger partial charge in [0.25, 0.3) is 0 Å². The van der Waals surface area contributed by atoms with Gasteiger partial charge in [0, 0.05) is 19.0 Å². The van der Waals surface area contributed by atoms with Gasteiger partial charge in [0.2, 0.25) is 0 Å². The zero-order chi connectivity index (χ0) is 15.1. The van der Waals surface area contributed by atoms with E-state index in [1.807, 2.05) is 6.07 Å². The number of aromatic hydroxyl groups is 1. The van der Waals surface area contributed by atoms with Crippen molar-refractivity contribution in [1.82, 2.24) is 4.90 Å². The van der Waals surface area contributed by atoms with Crippen LogP contribution in [0, 0.1) is 5.41 Å². The van der Waals surface area contributed by atoms with E-state index in [0.717, 1.165) is 11.1 Å². The average Bonchev–Trinajstić information content (AvgIpc) is 2.53. The van der Waals surface area contributed by atoms with Crippen molar-refractivity contribution in [3.8, 4) is 5.75 Å². The first-order chi connectivity index (χ1) is 9.21. The van der Waals surface area contributed by atoms with Crippen LogP contribution in [0.4, 0.5) is 10.5 Å². The van der Waals surface area contributed by atoms with Gasteiger partial charge in [-0.25, -0.2) is 4.79 Å². The molecule has 0 bridgehead atoms. The predicted molar refractivity (Wildman–Crippen MR) is 78.0 cm³/mol. The first-order valence-corrected chi connectivity index (χ1v) is 6.80. The SMILES string of the molecule is CC(C)(C)C1CN(C(=O)O)CCc2c1ccc(O)c2N. The van der Waals surface area contributed by atoms with E-state index >= 15 is 0 Å². The van der Waals surface area contributed by atoms with Crippen molar-refractivity contribution in [2.24, 2.45) is 5.41 Å². The lowest BCUT2D eigenvalue weighted by Gasteiger charge is -2.33. The number of phenols is 1. The molecule has 2 rings (SSSR count). The summed E-state index contributed by atoms with van der Waals surface area (Å²) in [7, 11) is 0. The van der Waals surface area contributed by atoms with Crippen LogP contribution in [0.2, 0.25) is 0 Å². The molecular weight excluding hydrogens is 256 g/mol. The van der Waals surface area contributed by atoms with Gasteiger partial charge in [-0.15, -0.1) is 0 Å². The van der Waals surface area contributed by atoms with E-state index in [1.54, 1.807) is 6.07 Å². The van der Waals surface area contributed by atoms with Crippen LogP contribution in [0.3, 0.4) is 0 Å². The summed E-state index contributed by atoms with van der Waals surface area (Å²) in [6.45, 7) is 7.14. The minimum absolute atomic E-state index is 0.0546. The number of fused-ring (bicyclic) bond motifs is 1. The third kappa shape index (κ3) is 2.53. The molecule has 5 heteroatoms. The van der Waals surface area contributed by atoms with Crippen molar-refractivity contribution in [3.05, 3.63) is 23.3 Å². The van der Waals surface area contributed by atoms with Gasteiger partial charge in [0.15, 0.2) is 0 Å². The van der Waals surface area contributed by atoms with Crippen LogP contribution >= 0.6 is 0 Å². The molecule has 4 N–H and O–H groups in total. The number of hydrogen-bond donors (Lipinski definition) is 3. The van der Waals surface area contributed by atoms with E-state index in [2.05, 4.69) is 20.8 Å². The summed E-state index contributed by atoms with van der Waals surface area (Å²) in [6, 6.07) is 3.48. The number of benzene rings is 1. The van der Waals surface area contributed by atoms with Crippen molar-refractivity contribution in [3.63, 3.8) is 0 Å². The highest BCUT2D eigenvalue weighted by atomic mass is 16.4. The van der Waals surface area contributed by atoms with E-state index in [0.29, 0.717) is 25.2 Å². The maximum Gasteiger partial charge on any atom is 0.407 e. The fraction of sp³-hybridized carbons (Fsp3) is 0.533. The Morgan fingerprint density at radius 2 is 2.05 bits per heavy atom. The van der Waals surface area contributed by atoms with Gasteiger partial charge in [-0.05, 0) is 29.0 Å². The zero-order valence-electron chi connectivity index (χ0n) is 12.2. The number of nitrogens with zero attached hydrogens (tertiary/aromatic N) is 1. The maximum atomic E-state index is 11.3. The Bertz CT molecular complexity index is 535. The minimum Gasteiger partial charge on any atom is -0.506 e. The summed E-state index contributed by atoms with van der Waals surface area (Å²) in [4.78, 5) is 12.8. The van der Waals surface area contributed by atoms with Crippen molar-refractivity contribution in [2.75, 3.05) is 18.8 Å². The molecule has 20 heavy (non-hydrogen) atoms. The highest BCUT2D eigenvalue weighted by molar-refractivity contribution is 5.67. The molecule has 1 heterocycles. The van der Waals surface area contributed by atoms with Gasteiger partial charge in [0.05, 0.1) is 5.69 Å². The highest BCUT2D eigenvalue weighted by Gasteiger charge is 2.34. The number of amides is 1. The number of carboxylic acid groups (broad SMARTS) is 1. The summed E-state index contributed by atoms with van der Waals surface area (Å²) in [6.07, 6.45) is -0.371. The Labute approximate surface area is 119 Å². The van der Waals surface area contributed by atoms with Crippen LogP contribution in [0.1, 0.15) is 37.8 Å². The topological polar surface area (TPSA) is 86.8 Å². The Morgan fingerprint density at radius 1 is 1.40 bits per heavy atom. The number of anilines is 1. The van der Waals surface area contributed by atoms with Gasteiger partial charge in [-0.1, -0.05) is 26.8 Å². The summed E-state index contributed by atoms with van der Waals surface area (Å²) in [5.41, 5.74) is 8.21. The number of nitrogens with two attached hydrogens (primary N) is 1. The third-order valence-electron chi connectivity index (χ3n) is 4.10. The summed E-state index contributed by atoms with van der Waals surface area (Å²) in [5.74, 6) is 0.124. The molecule has 5 nitrogen and oxygen atoms in total. The fourth-order valence-corrected chi connectivity index (χ4v) is 2.85. The number of nitrogen functional groups attached to an aromatic ring is 1. The zero-order valence-corrected chi connectivity index (χ0v) is 12.2. The summed E-state index contributed by atoms with van der Waals surface area (Å²) in [5, 5.41) is 19.1. The molecule has 1 aliphatic rings. The molecule has 0 saturated heterocycles. The highest BCUT2D eigenvalue weighted by Crippen LogP contribution is 2.42. The van der Waals surface area contributed by atoms with Gasteiger partial charge in [-0.3, -0.25) is 0 Å². The molecule has 110 valence electrons. The molecular formula is C15H22N2O3. The standard InChI is InChI=1S/C15H22N2O3/c1-15(2,3)11-8-17(14(19)20)7-6-10-9(11)4-5-12(18)13(10)16/h4-5,11,18H,6-8,16H2,1-3H3,(H,19,20). The van der Waals surface area contributed by atoms with Crippen molar-refractivity contribution in [2.45, 2.75) is 33.1 Å². The lowest BCUT2D eigenvalue weighted by Crippen LogP contribution is -2.36. The van der Waals surface area contributed by atoms with E-state index in [-0.39, 0.29) is 17.1 Å². The molecule has 0 spiro atoms. The van der Waals surface area contributed by atoms with Gasteiger partial charge < -0.3 is 20.8 Å². The Kier molecular flexibility index (Phi) is 3.54. The van der Waals surface area contributed by atoms with Crippen molar-refractivity contribution in [1.29, 1.82) is 0 Å². The molecule has 0 fully saturated rings. The normalized spacial score (nSPS) is 19.4. The summed E-state index contributed by atoms with van der Waals surface area (Å²) < 4.78 is 0. The molecule has 0 aromatic heterocycles. The van der Waals surface area contributed by atoms with Crippen LogP contribution in [-0.4, -0.2) is 34.3 Å². The number of hydrogen-bond acceptors (Lipinski definition) is 3. The molecule has 1 unspecified atom stereocenters. The lowest BCUT2D eigenvalue weighted by atomic mass is 9.75. The molecule has 1 atom stereocenters. The molecule has 0 aliphatic carbocycles.